The smallest absolute Gasteiger partial charge is 0.270 e. The molecule has 0 radical (unpaired) electrons. The lowest BCUT2D eigenvalue weighted by atomic mass is 9.97. The summed E-state index contributed by atoms with van der Waals surface area (Å²) in [6, 6.07) is 4.30. The molecule has 5 heteroatoms. The number of benzene rings is 1. The van der Waals surface area contributed by atoms with E-state index in [0.717, 1.165) is 12.8 Å². The zero-order valence-corrected chi connectivity index (χ0v) is 11.1. The van der Waals surface area contributed by atoms with Crippen molar-refractivity contribution in [2.45, 2.75) is 32.7 Å². The van der Waals surface area contributed by atoms with Crippen LogP contribution in [0.3, 0.4) is 0 Å². The van der Waals surface area contributed by atoms with Gasteiger partial charge in [-0.05, 0) is 24.8 Å². The molecule has 0 aliphatic rings. The Kier molecular flexibility index (Phi) is 5.09. The number of nitrogens with zero attached hydrogens (tertiary/aromatic N) is 1. The summed E-state index contributed by atoms with van der Waals surface area (Å²) in [5.74, 6) is 1.16. The summed E-state index contributed by atoms with van der Waals surface area (Å²) in [6.07, 6.45) is 1.77. The number of hydrogen-bond acceptors (Lipinski definition) is 4. The van der Waals surface area contributed by atoms with Gasteiger partial charge < -0.3 is 10.5 Å². The van der Waals surface area contributed by atoms with Crippen LogP contribution in [0, 0.1) is 16.0 Å². The van der Waals surface area contributed by atoms with Crippen molar-refractivity contribution in [2.75, 3.05) is 7.11 Å². The lowest BCUT2D eigenvalue weighted by Gasteiger charge is -2.16. The molecule has 1 rings (SSSR count). The molecule has 0 bridgehead atoms. The van der Waals surface area contributed by atoms with Gasteiger partial charge in [0.1, 0.15) is 5.75 Å². The first-order valence-electron chi connectivity index (χ1n) is 6.03. The van der Waals surface area contributed by atoms with Gasteiger partial charge in [-0.2, -0.15) is 0 Å². The number of rotatable bonds is 6. The van der Waals surface area contributed by atoms with E-state index in [9.17, 15) is 10.1 Å². The lowest BCUT2D eigenvalue weighted by Crippen LogP contribution is -2.13. The van der Waals surface area contributed by atoms with Crippen molar-refractivity contribution in [3.63, 3.8) is 0 Å². The van der Waals surface area contributed by atoms with Crippen molar-refractivity contribution in [2.24, 2.45) is 11.7 Å². The van der Waals surface area contributed by atoms with E-state index < -0.39 is 4.92 Å². The average Bonchev–Trinajstić information content (AvgIpc) is 2.34. The fraction of sp³-hybridized carbons (Fsp3) is 0.538. The third kappa shape index (κ3) is 3.70. The molecule has 0 saturated heterocycles. The van der Waals surface area contributed by atoms with Gasteiger partial charge in [-0.25, -0.2) is 0 Å². The van der Waals surface area contributed by atoms with Gasteiger partial charge in [-0.15, -0.1) is 0 Å². The molecule has 1 unspecified atom stereocenters. The Morgan fingerprint density at radius 3 is 2.56 bits per heavy atom. The Morgan fingerprint density at radius 2 is 2.06 bits per heavy atom. The van der Waals surface area contributed by atoms with Crippen LogP contribution in [0.15, 0.2) is 18.2 Å². The molecular weight excluding hydrogens is 232 g/mol. The van der Waals surface area contributed by atoms with Crippen LogP contribution in [-0.4, -0.2) is 12.0 Å². The third-order valence-electron chi connectivity index (χ3n) is 2.88. The minimum Gasteiger partial charge on any atom is -0.496 e. The van der Waals surface area contributed by atoms with Gasteiger partial charge in [0.15, 0.2) is 0 Å². The molecule has 0 fully saturated rings. The molecule has 1 atom stereocenters. The summed E-state index contributed by atoms with van der Waals surface area (Å²) in [5, 5.41) is 10.8. The molecule has 0 heterocycles. The highest BCUT2D eigenvalue weighted by Gasteiger charge is 2.17. The van der Waals surface area contributed by atoms with Crippen LogP contribution >= 0.6 is 0 Å². The molecule has 1 aromatic rings. The lowest BCUT2D eigenvalue weighted by molar-refractivity contribution is -0.385. The van der Waals surface area contributed by atoms with Crippen molar-refractivity contribution in [3.05, 3.63) is 33.9 Å². The van der Waals surface area contributed by atoms with E-state index >= 15 is 0 Å². The number of nitro groups is 1. The molecule has 0 aromatic heterocycles. The standard InChI is InChI=1S/C13H20N2O3/c1-9(2)4-6-12(14)11-8-10(15(16)17)5-7-13(11)18-3/h5,7-9,12H,4,6,14H2,1-3H3. The molecule has 0 spiro atoms. The third-order valence-corrected chi connectivity index (χ3v) is 2.88. The number of ether oxygens (including phenoxy) is 1. The fourth-order valence-corrected chi connectivity index (χ4v) is 1.79. The normalized spacial score (nSPS) is 12.5. The molecule has 2 N–H and O–H groups in total. The van der Waals surface area contributed by atoms with E-state index in [4.69, 9.17) is 10.5 Å². The summed E-state index contributed by atoms with van der Waals surface area (Å²) in [6.45, 7) is 4.24. The van der Waals surface area contributed by atoms with Gasteiger partial charge in [0.25, 0.3) is 5.69 Å². The van der Waals surface area contributed by atoms with Gasteiger partial charge in [0.05, 0.1) is 12.0 Å². The van der Waals surface area contributed by atoms with Crippen LogP contribution in [0.1, 0.15) is 38.3 Å². The Bertz CT molecular complexity index is 419. The minimum atomic E-state index is -0.419. The van der Waals surface area contributed by atoms with Crippen LogP contribution in [0.4, 0.5) is 5.69 Å². The first-order valence-corrected chi connectivity index (χ1v) is 6.03. The zero-order chi connectivity index (χ0) is 13.7. The maximum absolute atomic E-state index is 10.8. The largest absolute Gasteiger partial charge is 0.496 e. The highest BCUT2D eigenvalue weighted by atomic mass is 16.6. The van der Waals surface area contributed by atoms with Gasteiger partial charge in [-0.1, -0.05) is 13.8 Å². The maximum Gasteiger partial charge on any atom is 0.270 e. The number of methoxy groups -OCH3 is 1. The molecule has 5 nitrogen and oxygen atoms in total. The van der Waals surface area contributed by atoms with E-state index in [1.807, 2.05) is 0 Å². The predicted molar refractivity (Wildman–Crippen MR) is 70.6 cm³/mol. The number of non-ortho nitro benzene ring substituents is 1. The Balaban J connectivity index is 2.96. The number of nitrogens with two attached hydrogens (primary N) is 1. The molecular formula is C13H20N2O3. The Hall–Kier alpha value is -1.62. The monoisotopic (exact) mass is 252 g/mol. The van der Waals surface area contributed by atoms with Crippen molar-refractivity contribution < 1.29 is 9.66 Å². The first kappa shape index (κ1) is 14.4. The van der Waals surface area contributed by atoms with Crippen molar-refractivity contribution in [1.29, 1.82) is 0 Å². The van der Waals surface area contributed by atoms with Crippen LogP contribution < -0.4 is 10.5 Å². The van der Waals surface area contributed by atoms with Crippen LogP contribution in [0.5, 0.6) is 5.75 Å². The molecule has 0 saturated carbocycles. The number of nitro benzene ring substituents is 1. The van der Waals surface area contributed by atoms with E-state index in [1.54, 1.807) is 13.2 Å². The Morgan fingerprint density at radius 1 is 1.39 bits per heavy atom. The van der Waals surface area contributed by atoms with E-state index in [0.29, 0.717) is 17.2 Å². The molecule has 0 aliphatic carbocycles. The highest BCUT2D eigenvalue weighted by molar-refractivity contribution is 5.45. The molecule has 0 amide bonds. The summed E-state index contributed by atoms with van der Waals surface area (Å²) < 4.78 is 5.21. The summed E-state index contributed by atoms with van der Waals surface area (Å²) in [7, 11) is 1.54. The Labute approximate surface area is 107 Å². The topological polar surface area (TPSA) is 78.4 Å². The second-order valence-electron chi connectivity index (χ2n) is 4.76. The van der Waals surface area contributed by atoms with E-state index in [2.05, 4.69) is 13.8 Å². The van der Waals surface area contributed by atoms with Crippen molar-refractivity contribution in [1.82, 2.24) is 0 Å². The first-order chi connectivity index (χ1) is 8.45. The second-order valence-corrected chi connectivity index (χ2v) is 4.76. The van der Waals surface area contributed by atoms with Crippen LogP contribution in [0.25, 0.3) is 0 Å². The SMILES string of the molecule is COc1ccc([N+](=O)[O-])cc1C(N)CCC(C)C. The zero-order valence-electron chi connectivity index (χ0n) is 11.1. The molecule has 0 aliphatic heterocycles. The molecule has 100 valence electrons. The predicted octanol–water partition coefficient (Wildman–Crippen LogP) is 3.04. The average molecular weight is 252 g/mol. The van der Waals surface area contributed by atoms with Crippen molar-refractivity contribution in [3.8, 4) is 5.75 Å². The van der Waals surface area contributed by atoms with Crippen molar-refractivity contribution >= 4 is 5.69 Å². The van der Waals surface area contributed by atoms with E-state index in [1.165, 1.54) is 12.1 Å². The minimum absolute atomic E-state index is 0.0470. The fourth-order valence-electron chi connectivity index (χ4n) is 1.79. The van der Waals surface area contributed by atoms with Gasteiger partial charge >= 0.3 is 0 Å². The number of hydrogen-bond donors (Lipinski definition) is 1. The quantitative estimate of drug-likeness (QED) is 0.623. The van der Waals surface area contributed by atoms with Gasteiger partial charge in [-0.3, -0.25) is 10.1 Å². The van der Waals surface area contributed by atoms with Gasteiger partial charge in [0.2, 0.25) is 0 Å². The van der Waals surface area contributed by atoms with Gasteiger partial charge in [0, 0.05) is 23.7 Å². The highest BCUT2D eigenvalue weighted by Crippen LogP contribution is 2.30. The maximum atomic E-state index is 10.8. The summed E-state index contributed by atoms with van der Waals surface area (Å²) in [4.78, 5) is 10.3. The molecule has 18 heavy (non-hydrogen) atoms. The summed E-state index contributed by atoms with van der Waals surface area (Å²) >= 11 is 0. The van der Waals surface area contributed by atoms with E-state index in [-0.39, 0.29) is 11.7 Å². The second kappa shape index (κ2) is 6.35. The summed E-state index contributed by atoms with van der Waals surface area (Å²) in [5.41, 5.74) is 6.83. The van der Waals surface area contributed by atoms with Crippen LogP contribution in [0.2, 0.25) is 0 Å². The molecule has 1 aromatic carbocycles. The van der Waals surface area contributed by atoms with Crippen LogP contribution in [-0.2, 0) is 0 Å².